The predicted octanol–water partition coefficient (Wildman–Crippen LogP) is 4.27. The van der Waals surface area contributed by atoms with Crippen molar-refractivity contribution < 1.29 is 0 Å². The molecular weight excluding hydrogens is 232 g/mol. The van der Waals surface area contributed by atoms with Gasteiger partial charge in [-0.25, -0.2) is 4.98 Å². The van der Waals surface area contributed by atoms with E-state index in [1.54, 1.807) is 12.3 Å². The Balaban J connectivity index is 2.49. The van der Waals surface area contributed by atoms with E-state index in [9.17, 15) is 0 Å². The lowest BCUT2D eigenvalue weighted by molar-refractivity contribution is 0.590. The highest BCUT2D eigenvalue weighted by molar-refractivity contribution is 5.79. The quantitative estimate of drug-likeness (QED) is 0.866. The molecule has 98 valence electrons. The van der Waals surface area contributed by atoms with Gasteiger partial charge in [-0.05, 0) is 28.2 Å². The van der Waals surface area contributed by atoms with Crippen LogP contribution in [0.3, 0.4) is 0 Å². The highest BCUT2D eigenvalue weighted by Gasteiger charge is 2.13. The van der Waals surface area contributed by atoms with Crippen molar-refractivity contribution in [1.82, 2.24) is 4.98 Å². The number of benzene rings is 1. The Morgan fingerprint density at radius 2 is 1.74 bits per heavy atom. The molecule has 0 atom stereocenters. The first-order valence-corrected chi connectivity index (χ1v) is 6.41. The minimum absolute atomic E-state index is 0.164. The monoisotopic (exact) mass is 252 g/mol. The highest BCUT2D eigenvalue weighted by Crippen LogP contribution is 2.30. The third-order valence-electron chi connectivity index (χ3n) is 3.29. The molecule has 0 aliphatic rings. The summed E-state index contributed by atoms with van der Waals surface area (Å²) < 4.78 is 0. The van der Waals surface area contributed by atoms with Crippen LogP contribution < -0.4 is 5.73 Å². The second-order valence-electron chi connectivity index (χ2n) is 5.69. The van der Waals surface area contributed by atoms with Gasteiger partial charge in [-0.3, -0.25) is 0 Å². The van der Waals surface area contributed by atoms with Crippen molar-refractivity contribution in [1.29, 1.82) is 0 Å². The van der Waals surface area contributed by atoms with E-state index in [2.05, 4.69) is 56.6 Å². The van der Waals surface area contributed by atoms with Crippen LogP contribution in [0.1, 0.15) is 31.9 Å². The molecule has 0 bridgehead atoms. The lowest BCUT2D eigenvalue weighted by Crippen LogP contribution is -2.10. The van der Waals surface area contributed by atoms with Crippen LogP contribution in [-0.2, 0) is 5.41 Å². The van der Waals surface area contributed by atoms with Crippen molar-refractivity contribution in [2.75, 3.05) is 5.73 Å². The van der Waals surface area contributed by atoms with E-state index < -0.39 is 0 Å². The first kappa shape index (κ1) is 13.3. The summed E-state index contributed by atoms with van der Waals surface area (Å²) in [5.74, 6) is 0.521. The van der Waals surface area contributed by atoms with Crippen LogP contribution in [0.4, 0.5) is 5.82 Å². The van der Waals surface area contributed by atoms with Crippen LogP contribution in [-0.4, -0.2) is 4.98 Å². The maximum absolute atomic E-state index is 5.89. The van der Waals surface area contributed by atoms with Crippen molar-refractivity contribution >= 4 is 11.9 Å². The van der Waals surface area contributed by atoms with Gasteiger partial charge in [-0.15, -0.1) is 0 Å². The zero-order valence-electron chi connectivity index (χ0n) is 11.8. The summed E-state index contributed by atoms with van der Waals surface area (Å²) in [5.41, 5.74) is 10.5. The minimum atomic E-state index is 0.164. The second-order valence-corrected chi connectivity index (χ2v) is 5.69. The van der Waals surface area contributed by atoms with E-state index in [4.69, 9.17) is 5.73 Å². The Kier molecular flexibility index (Phi) is 3.43. The Morgan fingerprint density at radius 1 is 1.11 bits per heavy atom. The molecule has 1 aromatic carbocycles. The Hall–Kier alpha value is -2.09. The molecule has 0 aliphatic heterocycles. The zero-order chi connectivity index (χ0) is 14.0. The maximum atomic E-state index is 5.89. The number of hydrogen-bond donors (Lipinski definition) is 1. The number of rotatable bonds is 2. The van der Waals surface area contributed by atoms with E-state index >= 15 is 0 Å². The number of hydrogen-bond acceptors (Lipinski definition) is 2. The van der Waals surface area contributed by atoms with Gasteiger partial charge >= 0.3 is 0 Å². The Morgan fingerprint density at radius 3 is 2.26 bits per heavy atom. The molecule has 0 fully saturated rings. The summed E-state index contributed by atoms with van der Waals surface area (Å²) in [6.45, 7) is 10.4. The molecule has 2 N–H and O–H groups in total. The SMILES string of the molecule is C=Cc1c(-c2ccc(C(C)(C)C)cc2)ccnc1N. The van der Waals surface area contributed by atoms with Gasteiger partial charge in [-0.1, -0.05) is 57.7 Å². The summed E-state index contributed by atoms with van der Waals surface area (Å²) in [6, 6.07) is 10.6. The van der Waals surface area contributed by atoms with Crippen molar-refractivity contribution in [2.45, 2.75) is 26.2 Å². The molecule has 0 aliphatic carbocycles. The standard InChI is InChI=1S/C17H20N2/c1-5-14-15(10-11-19-16(14)18)12-6-8-13(9-7-12)17(2,3)4/h5-11H,1H2,2-4H3,(H2,18,19). The number of pyridine rings is 1. The van der Waals surface area contributed by atoms with E-state index in [0.717, 1.165) is 16.7 Å². The summed E-state index contributed by atoms with van der Waals surface area (Å²) in [4.78, 5) is 4.10. The molecule has 2 nitrogen and oxygen atoms in total. The maximum Gasteiger partial charge on any atom is 0.131 e. The van der Waals surface area contributed by atoms with E-state index in [1.807, 2.05) is 6.07 Å². The summed E-state index contributed by atoms with van der Waals surface area (Å²) in [6.07, 6.45) is 3.49. The fourth-order valence-corrected chi connectivity index (χ4v) is 2.11. The van der Waals surface area contributed by atoms with Gasteiger partial charge in [0.25, 0.3) is 0 Å². The third-order valence-corrected chi connectivity index (χ3v) is 3.29. The second kappa shape index (κ2) is 4.88. The number of nitrogens with zero attached hydrogens (tertiary/aromatic N) is 1. The lowest BCUT2D eigenvalue weighted by Gasteiger charge is -2.19. The lowest BCUT2D eigenvalue weighted by atomic mass is 9.86. The molecule has 2 heteroatoms. The number of anilines is 1. The first-order chi connectivity index (χ1) is 8.93. The summed E-state index contributed by atoms with van der Waals surface area (Å²) in [5, 5.41) is 0. The van der Waals surface area contributed by atoms with Gasteiger partial charge in [0.05, 0.1) is 0 Å². The molecule has 0 amide bonds. The van der Waals surface area contributed by atoms with Crippen LogP contribution in [0, 0.1) is 0 Å². The van der Waals surface area contributed by atoms with Gasteiger partial charge < -0.3 is 5.73 Å². The smallest absolute Gasteiger partial charge is 0.131 e. The van der Waals surface area contributed by atoms with Crippen molar-refractivity contribution in [2.24, 2.45) is 0 Å². The van der Waals surface area contributed by atoms with Gasteiger partial charge in [0.1, 0.15) is 5.82 Å². The molecule has 0 saturated carbocycles. The predicted molar refractivity (Wildman–Crippen MR) is 82.9 cm³/mol. The van der Waals surface area contributed by atoms with E-state index in [1.165, 1.54) is 5.56 Å². The third kappa shape index (κ3) is 2.68. The van der Waals surface area contributed by atoms with Crippen LogP contribution in [0.2, 0.25) is 0 Å². The molecule has 0 saturated heterocycles. The highest BCUT2D eigenvalue weighted by atomic mass is 14.8. The van der Waals surface area contributed by atoms with Crippen molar-refractivity contribution in [3.8, 4) is 11.1 Å². The van der Waals surface area contributed by atoms with Crippen molar-refractivity contribution in [3.05, 3.63) is 54.2 Å². The topological polar surface area (TPSA) is 38.9 Å². The molecule has 0 spiro atoms. The molecule has 0 radical (unpaired) electrons. The van der Waals surface area contributed by atoms with Crippen LogP contribution in [0.25, 0.3) is 17.2 Å². The first-order valence-electron chi connectivity index (χ1n) is 6.41. The summed E-state index contributed by atoms with van der Waals surface area (Å²) >= 11 is 0. The van der Waals surface area contributed by atoms with Gasteiger partial charge in [0, 0.05) is 11.8 Å². The van der Waals surface area contributed by atoms with Gasteiger partial charge in [-0.2, -0.15) is 0 Å². The van der Waals surface area contributed by atoms with E-state index in [0.29, 0.717) is 5.82 Å². The molecule has 1 aromatic heterocycles. The molecule has 2 rings (SSSR count). The zero-order valence-corrected chi connectivity index (χ0v) is 11.8. The molecule has 19 heavy (non-hydrogen) atoms. The van der Waals surface area contributed by atoms with E-state index in [-0.39, 0.29) is 5.41 Å². The minimum Gasteiger partial charge on any atom is -0.383 e. The van der Waals surface area contributed by atoms with Crippen LogP contribution in [0.15, 0.2) is 43.1 Å². The fraction of sp³-hybridized carbons (Fsp3) is 0.235. The largest absolute Gasteiger partial charge is 0.383 e. The number of nitrogen functional groups attached to an aromatic ring is 1. The number of aromatic nitrogens is 1. The van der Waals surface area contributed by atoms with Gasteiger partial charge in [0.2, 0.25) is 0 Å². The summed E-state index contributed by atoms with van der Waals surface area (Å²) in [7, 11) is 0. The average molecular weight is 252 g/mol. The normalized spacial score (nSPS) is 11.3. The molecular formula is C17H20N2. The Labute approximate surface area is 115 Å². The van der Waals surface area contributed by atoms with Gasteiger partial charge in [0.15, 0.2) is 0 Å². The number of nitrogens with two attached hydrogens (primary N) is 1. The Bertz CT molecular complexity index is 590. The fourth-order valence-electron chi connectivity index (χ4n) is 2.11. The average Bonchev–Trinajstić information content (AvgIpc) is 2.37. The van der Waals surface area contributed by atoms with Crippen LogP contribution >= 0.6 is 0 Å². The molecule has 0 unspecified atom stereocenters. The molecule has 2 aromatic rings. The van der Waals surface area contributed by atoms with Crippen LogP contribution in [0.5, 0.6) is 0 Å². The molecule has 1 heterocycles. The van der Waals surface area contributed by atoms with Crippen molar-refractivity contribution in [3.63, 3.8) is 0 Å².